The summed E-state index contributed by atoms with van der Waals surface area (Å²) in [5.41, 5.74) is 1.53. The van der Waals surface area contributed by atoms with Crippen molar-refractivity contribution in [2.24, 2.45) is 5.92 Å². The van der Waals surface area contributed by atoms with Crippen molar-refractivity contribution in [2.45, 2.75) is 52.5 Å². The zero-order valence-electron chi connectivity index (χ0n) is 12.1. The largest absolute Gasteiger partial charge is 0.299 e. The molecule has 2 aromatic heterocycles. The van der Waals surface area contributed by atoms with Crippen LogP contribution < -0.4 is 0 Å². The fourth-order valence-corrected chi connectivity index (χ4v) is 4.28. The minimum absolute atomic E-state index is 0.566. The number of hydrogen-bond acceptors (Lipinski definition) is 3. The van der Waals surface area contributed by atoms with Gasteiger partial charge >= 0.3 is 0 Å². The summed E-state index contributed by atoms with van der Waals surface area (Å²) in [5, 5.41) is 7.42. The van der Waals surface area contributed by atoms with E-state index in [4.69, 9.17) is 12.2 Å². The van der Waals surface area contributed by atoms with Crippen molar-refractivity contribution in [3.63, 3.8) is 0 Å². The van der Waals surface area contributed by atoms with Crippen molar-refractivity contribution in [3.05, 3.63) is 21.3 Å². The van der Waals surface area contributed by atoms with E-state index >= 15 is 0 Å². The van der Waals surface area contributed by atoms with E-state index < -0.39 is 0 Å². The van der Waals surface area contributed by atoms with E-state index in [-0.39, 0.29) is 0 Å². The summed E-state index contributed by atoms with van der Waals surface area (Å²) < 4.78 is 2.88. The van der Waals surface area contributed by atoms with Crippen LogP contribution in [-0.4, -0.2) is 14.8 Å². The molecule has 1 N–H and O–H groups in total. The van der Waals surface area contributed by atoms with Gasteiger partial charge < -0.3 is 0 Å². The molecule has 1 aliphatic carbocycles. The maximum Gasteiger partial charge on any atom is 0.195 e. The highest BCUT2D eigenvalue weighted by Gasteiger charge is 2.17. The molecule has 0 radical (unpaired) electrons. The molecule has 0 saturated carbocycles. The number of nitrogens with one attached hydrogen (secondary N) is 1. The molecule has 3 nitrogen and oxygen atoms in total. The van der Waals surface area contributed by atoms with E-state index in [2.05, 4.69) is 34.7 Å². The van der Waals surface area contributed by atoms with Crippen LogP contribution in [0.2, 0.25) is 0 Å². The second-order valence-electron chi connectivity index (χ2n) is 5.98. The van der Waals surface area contributed by atoms with Crippen molar-refractivity contribution in [1.82, 2.24) is 14.8 Å². The Hall–Kier alpha value is -0.940. The number of aromatic nitrogens is 3. The lowest BCUT2D eigenvalue weighted by atomic mass is 10.1. The summed E-state index contributed by atoms with van der Waals surface area (Å²) in [6, 6.07) is 2.34. The summed E-state index contributed by atoms with van der Waals surface area (Å²) >= 11 is 7.28. The first-order valence-corrected chi connectivity index (χ1v) is 8.65. The van der Waals surface area contributed by atoms with Crippen molar-refractivity contribution in [1.29, 1.82) is 0 Å². The molecule has 2 aromatic rings. The Morgan fingerprint density at radius 2 is 2.15 bits per heavy atom. The molecule has 0 atom stereocenters. The Morgan fingerprint density at radius 1 is 1.35 bits per heavy atom. The Morgan fingerprint density at radius 3 is 2.95 bits per heavy atom. The molecule has 2 heterocycles. The van der Waals surface area contributed by atoms with E-state index in [0.29, 0.717) is 5.92 Å². The number of aryl methyl sites for hydroxylation is 2. The minimum Gasteiger partial charge on any atom is -0.299 e. The maximum absolute atomic E-state index is 5.37. The maximum atomic E-state index is 5.37. The molecule has 3 rings (SSSR count). The first-order chi connectivity index (χ1) is 9.65. The number of thiophene rings is 1. The zero-order chi connectivity index (χ0) is 14.1. The van der Waals surface area contributed by atoms with E-state index in [1.807, 2.05) is 11.3 Å². The Labute approximate surface area is 129 Å². The Kier molecular flexibility index (Phi) is 4.08. The first-order valence-electron chi connectivity index (χ1n) is 7.42. The highest BCUT2D eigenvalue weighted by molar-refractivity contribution is 7.71. The Balaban J connectivity index is 1.99. The number of H-pyrrole nitrogens is 1. The number of nitrogens with zero attached hydrogens (tertiary/aromatic N) is 2. The molecule has 0 bridgehead atoms. The number of hydrogen-bond donors (Lipinski definition) is 1. The fourth-order valence-electron chi connectivity index (χ4n) is 2.82. The van der Waals surface area contributed by atoms with Gasteiger partial charge in [0.15, 0.2) is 10.6 Å². The second kappa shape index (κ2) is 5.82. The van der Waals surface area contributed by atoms with Gasteiger partial charge in [0.25, 0.3) is 0 Å². The molecule has 0 saturated heterocycles. The molecular weight excluding hydrogens is 286 g/mol. The molecule has 0 spiro atoms. The molecular formula is C15H21N3S2. The zero-order valence-corrected chi connectivity index (χ0v) is 13.7. The summed E-state index contributed by atoms with van der Waals surface area (Å²) in [7, 11) is 0. The number of aromatic amines is 1. The van der Waals surface area contributed by atoms with Crippen LogP contribution in [0.1, 0.15) is 43.6 Å². The van der Waals surface area contributed by atoms with Crippen LogP contribution in [0.3, 0.4) is 0 Å². The summed E-state index contributed by atoms with van der Waals surface area (Å²) in [4.78, 5) is 2.83. The third kappa shape index (κ3) is 2.74. The van der Waals surface area contributed by atoms with E-state index in [1.165, 1.54) is 42.5 Å². The molecule has 20 heavy (non-hydrogen) atoms. The van der Waals surface area contributed by atoms with Crippen molar-refractivity contribution in [3.8, 4) is 10.7 Å². The van der Waals surface area contributed by atoms with Crippen LogP contribution in [0.15, 0.2) is 6.07 Å². The van der Waals surface area contributed by atoms with Gasteiger partial charge in [0.05, 0.1) is 4.88 Å². The molecule has 1 aliphatic rings. The molecule has 0 amide bonds. The summed E-state index contributed by atoms with van der Waals surface area (Å²) in [5.74, 6) is 1.58. The van der Waals surface area contributed by atoms with E-state index in [1.54, 1.807) is 4.88 Å². The van der Waals surface area contributed by atoms with E-state index in [9.17, 15) is 0 Å². The monoisotopic (exact) mass is 307 g/mol. The van der Waals surface area contributed by atoms with Gasteiger partial charge in [-0.15, -0.1) is 11.3 Å². The van der Waals surface area contributed by atoms with Gasteiger partial charge in [-0.2, -0.15) is 5.10 Å². The summed E-state index contributed by atoms with van der Waals surface area (Å²) in [6.45, 7) is 5.34. The van der Waals surface area contributed by atoms with Crippen molar-refractivity contribution >= 4 is 23.6 Å². The lowest BCUT2D eigenvalue weighted by Crippen LogP contribution is -2.05. The molecule has 0 aliphatic heterocycles. The lowest BCUT2D eigenvalue weighted by Gasteiger charge is -2.08. The molecule has 0 unspecified atom stereocenters. The van der Waals surface area contributed by atoms with Gasteiger partial charge in [-0.1, -0.05) is 20.3 Å². The normalized spacial score (nSPS) is 15.3. The summed E-state index contributed by atoms with van der Waals surface area (Å²) in [6.07, 6.45) is 6.47. The predicted octanol–water partition coefficient (Wildman–Crippen LogP) is 4.59. The minimum atomic E-state index is 0.566. The van der Waals surface area contributed by atoms with Crippen LogP contribution in [0, 0.1) is 10.7 Å². The molecule has 0 fully saturated rings. The van der Waals surface area contributed by atoms with Gasteiger partial charge in [-0.05, 0) is 55.4 Å². The van der Waals surface area contributed by atoms with Gasteiger partial charge in [0, 0.05) is 11.4 Å². The van der Waals surface area contributed by atoms with Crippen LogP contribution in [0.5, 0.6) is 0 Å². The van der Waals surface area contributed by atoms with Crippen LogP contribution >= 0.6 is 23.6 Å². The van der Waals surface area contributed by atoms with Crippen LogP contribution in [0.4, 0.5) is 0 Å². The highest BCUT2D eigenvalue weighted by atomic mass is 32.1. The SMILES string of the molecule is CC(C)Cn1c(-c2cc3c(s2)CCCCC3)n[nH]c1=S. The standard InChI is InChI=1S/C15H21N3S2/c1-10(2)9-18-14(16-17-15(18)19)13-8-11-6-4-3-5-7-12(11)20-13/h8,10H,3-7,9H2,1-2H3,(H,17,19). The van der Waals surface area contributed by atoms with Gasteiger partial charge in [0.1, 0.15) is 0 Å². The highest BCUT2D eigenvalue weighted by Crippen LogP contribution is 2.34. The van der Waals surface area contributed by atoms with Gasteiger partial charge in [0.2, 0.25) is 0 Å². The quantitative estimate of drug-likeness (QED) is 0.664. The topological polar surface area (TPSA) is 33.6 Å². The average molecular weight is 307 g/mol. The predicted molar refractivity (Wildman–Crippen MR) is 86.8 cm³/mol. The van der Waals surface area contributed by atoms with Crippen molar-refractivity contribution in [2.75, 3.05) is 0 Å². The van der Waals surface area contributed by atoms with Gasteiger partial charge in [-0.3, -0.25) is 9.67 Å². The third-order valence-corrected chi connectivity index (χ3v) is 5.32. The molecule has 108 valence electrons. The first kappa shape index (κ1) is 14.0. The molecule has 0 aromatic carbocycles. The van der Waals surface area contributed by atoms with Gasteiger partial charge in [-0.25, -0.2) is 0 Å². The van der Waals surface area contributed by atoms with E-state index in [0.717, 1.165) is 17.1 Å². The Bertz CT molecular complexity index is 625. The second-order valence-corrected chi connectivity index (χ2v) is 7.50. The van der Waals surface area contributed by atoms with Crippen LogP contribution in [0.25, 0.3) is 10.7 Å². The van der Waals surface area contributed by atoms with Crippen molar-refractivity contribution < 1.29 is 0 Å². The smallest absolute Gasteiger partial charge is 0.195 e. The average Bonchev–Trinajstić information content (AvgIpc) is 2.88. The third-order valence-electron chi connectivity index (χ3n) is 3.77. The number of rotatable bonds is 3. The van der Waals surface area contributed by atoms with Crippen LogP contribution in [-0.2, 0) is 19.4 Å². The number of fused-ring (bicyclic) bond motifs is 1. The lowest BCUT2D eigenvalue weighted by molar-refractivity contribution is 0.522. The molecule has 5 heteroatoms. The fraction of sp³-hybridized carbons (Fsp3) is 0.600.